The molecule has 1 aromatic heterocycles. The van der Waals surface area contributed by atoms with Crippen LogP contribution in [0.15, 0.2) is 30.3 Å². The van der Waals surface area contributed by atoms with Gasteiger partial charge >= 0.3 is 5.82 Å². The Labute approximate surface area is 139 Å². The highest BCUT2D eigenvalue weighted by Crippen LogP contribution is 2.21. The first-order chi connectivity index (χ1) is 11.5. The number of amides is 1. The molecule has 1 heterocycles. The normalized spacial score (nSPS) is 11.8. The summed E-state index contributed by atoms with van der Waals surface area (Å²) in [6, 6.07) is 7.76. The molecule has 2 aromatic rings. The Kier molecular flexibility index (Phi) is 5.51. The molecule has 0 fully saturated rings. The highest BCUT2D eigenvalue weighted by Gasteiger charge is 2.27. The van der Waals surface area contributed by atoms with E-state index in [4.69, 9.17) is 4.74 Å². The molecule has 1 aromatic carbocycles. The van der Waals surface area contributed by atoms with Crippen LogP contribution in [0.1, 0.15) is 32.0 Å². The summed E-state index contributed by atoms with van der Waals surface area (Å²) in [4.78, 5) is 22.8. The zero-order valence-electron chi connectivity index (χ0n) is 13.9. The van der Waals surface area contributed by atoms with Gasteiger partial charge in [0.05, 0.1) is 23.5 Å². The van der Waals surface area contributed by atoms with Crippen molar-refractivity contribution in [2.75, 3.05) is 11.9 Å². The molecule has 0 aliphatic rings. The third-order valence-electron chi connectivity index (χ3n) is 3.51. The standard InChI is InChI=1S/C16H20N4O4/c1-4-14(19-11(3)10-15(18-19)20(22)23)16(21)17-12-6-8-13(9-7-12)24-5-2/h6-10,14H,4-5H2,1-3H3,(H,17,21). The highest BCUT2D eigenvalue weighted by molar-refractivity contribution is 5.93. The van der Waals surface area contributed by atoms with Gasteiger partial charge in [0, 0.05) is 5.69 Å². The molecule has 0 spiro atoms. The number of carbonyl (C=O) groups excluding carboxylic acids is 1. The van der Waals surface area contributed by atoms with Crippen molar-refractivity contribution in [2.45, 2.75) is 33.2 Å². The molecule has 0 aliphatic heterocycles. The first-order valence-electron chi connectivity index (χ1n) is 7.70. The molecule has 2 rings (SSSR count). The van der Waals surface area contributed by atoms with Crippen molar-refractivity contribution in [3.8, 4) is 5.75 Å². The molecular formula is C16H20N4O4. The third kappa shape index (κ3) is 3.89. The molecule has 8 heteroatoms. The average Bonchev–Trinajstić information content (AvgIpc) is 2.92. The topological polar surface area (TPSA) is 99.3 Å². The summed E-state index contributed by atoms with van der Waals surface area (Å²) in [7, 11) is 0. The van der Waals surface area contributed by atoms with Gasteiger partial charge in [0.15, 0.2) is 6.04 Å². The van der Waals surface area contributed by atoms with Crippen molar-refractivity contribution in [3.63, 3.8) is 0 Å². The van der Waals surface area contributed by atoms with Crippen LogP contribution in [0, 0.1) is 17.0 Å². The molecule has 1 unspecified atom stereocenters. The van der Waals surface area contributed by atoms with Crippen LogP contribution in [0.4, 0.5) is 11.5 Å². The lowest BCUT2D eigenvalue weighted by Crippen LogP contribution is -2.27. The number of carbonyl (C=O) groups is 1. The van der Waals surface area contributed by atoms with Gasteiger partial charge in [-0.3, -0.25) is 4.79 Å². The van der Waals surface area contributed by atoms with Crippen molar-refractivity contribution in [1.29, 1.82) is 0 Å². The second-order valence-corrected chi connectivity index (χ2v) is 5.22. The van der Waals surface area contributed by atoms with E-state index >= 15 is 0 Å². The van der Waals surface area contributed by atoms with Crippen molar-refractivity contribution < 1.29 is 14.5 Å². The first-order valence-corrected chi connectivity index (χ1v) is 7.70. The van der Waals surface area contributed by atoms with Crippen molar-refractivity contribution in [1.82, 2.24) is 9.78 Å². The zero-order valence-corrected chi connectivity index (χ0v) is 13.9. The fraction of sp³-hybridized carbons (Fsp3) is 0.375. The van der Waals surface area contributed by atoms with Crippen LogP contribution in [-0.2, 0) is 4.79 Å². The summed E-state index contributed by atoms with van der Waals surface area (Å²) >= 11 is 0. The van der Waals surface area contributed by atoms with E-state index in [2.05, 4.69) is 10.4 Å². The number of aromatic nitrogens is 2. The fourth-order valence-electron chi connectivity index (χ4n) is 2.37. The van der Waals surface area contributed by atoms with Crippen LogP contribution >= 0.6 is 0 Å². The number of ether oxygens (including phenoxy) is 1. The van der Waals surface area contributed by atoms with Gasteiger partial charge in [-0.25, -0.2) is 0 Å². The lowest BCUT2D eigenvalue weighted by molar-refractivity contribution is -0.389. The Morgan fingerprint density at radius 2 is 2.04 bits per heavy atom. The molecule has 0 bridgehead atoms. The molecule has 1 amide bonds. The second kappa shape index (κ2) is 7.58. The number of benzene rings is 1. The highest BCUT2D eigenvalue weighted by atomic mass is 16.6. The van der Waals surface area contributed by atoms with E-state index in [-0.39, 0.29) is 11.7 Å². The van der Waals surface area contributed by atoms with Crippen LogP contribution in [0.3, 0.4) is 0 Å². The largest absolute Gasteiger partial charge is 0.494 e. The molecule has 0 saturated heterocycles. The van der Waals surface area contributed by atoms with Crippen molar-refractivity contribution in [3.05, 3.63) is 46.1 Å². The minimum atomic E-state index is -0.620. The van der Waals surface area contributed by atoms with Gasteiger partial charge < -0.3 is 20.2 Å². The number of aryl methyl sites for hydroxylation is 1. The molecule has 1 atom stereocenters. The third-order valence-corrected chi connectivity index (χ3v) is 3.51. The molecular weight excluding hydrogens is 312 g/mol. The number of nitrogens with one attached hydrogen (secondary N) is 1. The maximum Gasteiger partial charge on any atom is 0.390 e. The molecule has 1 N–H and O–H groups in total. The number of nitro groups is 1. The first kappa shape index (κ1) is 17.5. The molecule has 0 aliphatic carbocycles. The van der Waals surface area contributed by atoms with Gasteiger partial charge in [-0.05, 0) is 49.5 Å². The van der Waals surface area contributed by atoms with E-state index in [0.717, 1.165) is 5.75 Å². The van der Waals surface area contributed by atoms with E-state index in [1.165, 1.54) is 10.7 Å². The Morgan fingerprint density at radius 3 is 2.54 bits per heavy atom. The molecule has 0 saturated carbocycles. The van der Waals surface area contributed by atoms with Crippen LogP contribution in [0.5, 0.6) is 5.75 Å². The van der Waals surface area contributed by atoms with Gasteiger partial charge in [0.2, 0.25) is 0 Å². The summed E-state index contributed by atoms with van der Waals surface area (Å²) in [5, 5.41) is 17.6. The Hall–Kier alpha value is -2.90. The number of hydrogen-bond acceptors (Lipinski definition) is 5. The minimum absolute atomic E-state index is 0.264. The van der Waals surface area contributed by atoms with Crippen LogP contribution < -0.4 is 10.1 Å². The monoisotopic (exact) mass is 332 g/mol. The van der Waals surface area contributed by atoms with Gasteiger partial charge in [-0.15, -0.1) is 0 Å². The van der Waals surface area contributed by atoms with Crippen molar-refractivity contribution >= 4 is 17.4 Å². The summed E-state index contributed by atoms with van der Waals surface area (Å²) in [6.45, 7) is 5.98. The van der Waals surface area contributed by atoms with Crippen LogP contribution in [-0.4, -0.2) is 27.2 Å². The van der Waals surface area contributed by atoms with Crippen LogP contribution in [0.2, 0.25) is 0 Å². The van der Waals surface area contributed by atoms with Gasteiger partial charge in [0.25, 0.3) is 5.91 Å². The summed E-state index contributed by atoms with van der Waals surface area (Å²) in [6.07, 6.45) is 0.461. The number of nitrogens with zero attached hydrogens (tertiary/aromatic N) is 3. The van der Waals surface area contributed by atoms with Gasteiger partial charge in [-0.2, -0.15) is 4.68 Å². The maximum absolute atomic E-state index is 12.5. The smallest absolute Gasteiger partial charge is 0.390 e. The van der Waals surface area contributed by atoms with E-state index in [1.807, 2.05) is 13.8 Å². The summed E-state index contributed by atoms with van der Waals surface area (Å²) < 4.78 is 6.74. The minimum Gasteiger partial charge on any atom is -0.494 e. The number of rotatable bonds is 7. The summed E-state index contributed by atoms with van der Waals surface area (Å²) in [5.41, 5.74) is 1.19. The Balaban J connectivity index is 2.15. The number of hydrogen-bond donors (Lipinski definition) is 1. The molecule has 0 radical (unpaired) electrons. The second-order valence-electron chi connectivity index (χ2n) is 5.22. The zero-order chi connectivity index (χ0) is 17.7. The van der Waals surface area contributed by atoms with E-state index in [0.29, 0.717) is 24.4 Å². The van der Waals surface area contributed by atoms with Crippen molar-refractivity contribution in [2.24, 2.45) is 0 Å². The van der Waals surface area contributed by atoms with E-state index in [1.54, 1.807) is 31.2 Å². The fourth-order valence-corrected chi connectivity index (χ4v) is 2.37. The number of anilines is 1. The quantitative estimate of drug-likeness (QED) is 0.620. The van der Waals surface area contributed by atoms with Gasteiger partial charge in [-0.1, -0.05) is 6.92 Å². The van der Waals surface area contributed by atoms with E-state index < -0.39 is 11.0 Å². The Morgan fingerprint density at radius 1 is 1.38 bits per heavy atom. The lowest BCUT2D eigenvalue weighted by atomic mass is 10.2. The van der Waals surface area contributed by atoms with E-state index in [9.17, 15) is 14.9 Å². The summed E-state index contributed by atoms with van der Waals surface area (Å²) in [5.74, 6) is 0.184. The Bertz CT molecular complexity index is 724. The maximum atomic E-state index is 12.5. The predicted molar refractivity (Wildman–Crippen MR) is 89.2 cm³/mol. The average molecular weight is 332 g/mol. The molecule has 24 heavy (non-hydrogen) atoms. The van der Waals surface area contributed by atoms with Gasteiger partial charge in [0.1, 0.15) is 5.75 Å². The lowest BCUT2D eigenvalue weighted by Gasteiger charge is -2.14. The van der Waals surface area contributed by atoms with Crippen LogP contribution in [0.25, 0.3) is 0 Å². The predicted octanol–water partition coefficient (Wildman–Crippen LogP) is 3.09. The molecule has 128 valence electrons. The SMILES string of the molecule is CCOc1ccc(NC(=O)C(CC)n2nc([N+](=O)[O-])cc2C)cc1. The molecule has 8 nitrogen and oxygen atoms in total.